The molecule has 0 atom stereocenters. The van der Waals surface area contributed by atoms with Gasteiger partial charge < -0.3 is 20.3 Å². The molecule has 0 radical (unpaired) electrons. The van der Waals surface area contributed by atoms with E-state index in [9.17, 15) is 9.59 Å². The fraction of sp³-hybridized carbons (Fsp3) is 0.385. The molecule has 19 heavy (non-hydrogen) atoms. The van der Waals surface area contributed by atoms with Gasteiger partial charge in [-0.15, -0.1) is 0 Å². The fourth-order valence-corrected chi connectivity index (χ4v) is 1.81. The Hall–Kier alpha value is -2.24. The Morgan fingerprint density at radius 3 is 2.79 bits per heavy atom. The minimum Gasteiger partial charge on any atom is -0.482 e. The Kier molecular flexibility index (Phi) is 3.89. The lowest BCUT2D eigenvalue weighted by Gasteiger charge is -2.31. The summed E-state index contributed by atoms with van der Waals surface area (Å²) >= 11 is 0. The van der Waals surface area contributed by atoms with E-state index in [1.54, 1.807) is 36.2 Å². The number of ether oxygens (including phenoxy) is 1. The number of piperazine rings is 1. The van der Waals surface area contributed by atoms with Crippen LogP contribution >= 0.6 is 0 Å². The standard InChI is InChI=1S/C13H17N3O3/c1-15-6-7-16(8-12(15)17)13(18)9-19-11-5-3-2-4-10(11)14/h2-5H,6-9,14H2,1H3. The molecule has 1 fully saturated rings. The number of hydrogen-bond donors (Lipinski definition) is 1. The maximum absolute atomic E-state index is 11.9. The van der Waals surface area contributed by atoms with E-state index in [1.807, 2.05) is 0 Å². The van der Waals surface area contributed by atoms with Crippen molar-refractivity contribution >= 4 is 17.5 Å². The number of nitrogen functional groups attached to an aromatic ring is 1. The molecule has 1 aliphatic heterocycles. The average molecular weight is 263 g/mol. The first-order valence-electron chi connectivity index (χ1n) is 6.07. The van der Waals surface area contributed by atoms with Crippen LogP contribution in [0.5, 0.6) is 5.75 Å². The van der Waals surface area contributed by atoms with Gasteiger partial charge in [0.05, 0.1) is 12.2 Å². The Morgan fingerprint density at radius 1 is 1.37 bits per heavy atom. The van der Waals surface area contributed by atoms with Crippen LogP contribution < -0.4 is 10.5 Å². The molecule has 1 aromatic rings. The summed E-state index contributed by atoms with van der Waals surface area (Å²) in [6.45, 7) is 1.10. The van der Waals surface area contributed by atoms with Crippen molar-refractivity contribution in [1.29, 1.82) is 0 Å². The first-order chi connectivity index (χ1) is 9.08. The van der Waals surface area contributed by atoms with Crippen LogP contribution in [-0.2, 0) is 9.59 Å². The molecule has 0 aliphatic carbocycles. The molecule has 1 aliphatic rings. The van der Waals surface area contributed by atoms with E-state index in [0.29, 0.717) is 24.5 Å². The number of likely N-dealkylation sites (N-methyl/N-ethyl adjacent to an activating group) is 1. The van der Waals surface area contributed by atoms with E-state index < -0.39 is 0 Å². The van der Waals surface area contributed by atoms with Crippen molar-refractivity contribution in [2.24, 2.45) is 0 Å². The van der Waals surface area contributed by atoms with Crippen LogP contribution in [0.1, 0.15) is 0 Å². The molecule has 0 saturated carbocycles. The van der Waals surface area contributed by atoms with E-state index in [1.165, 1.54) is 4.90 Å². The lowest BCUT2D eigenvalue weighted by Crippen LogP contribution is -2.51. The van der Waals surface area contributed by atoms with Crippen molar-refractivity contribution in [2.75, 3.05) is 39.0 Å². The van der Waals surface area contributed by atoms with E-state index in [4.69, 9.17) is 10.5 Å². The summed E-state index contributed by atoms with van der Waals surface area (Å²) in [5, 5.41) is 0. The molecular weight excluding hydrogens is 246 g/mol. The van der Waals surface area contributed by atoms with Gasteiger partial charge >= 0.3 is 0 Å². The minimum atomic E-state index is -0.204. The molecule has 6 nitrogen and oxygen atoms in total. The quantitative estimate of drug-likeness (QED) is 0.776. The maximum atomic E-state index is 11.9. The number of nitrogens with zero attached hydrogens (tertiary/aromatic N) is 2. The fourth-order valence-electron chi connectivity index (χ4n) is 1.81. The largest absolute Gasteiger partial charge is 0.482 e. The predicted molar refractivity (Wildman–Crippen MR) is 70.6 cm³/mol. The molecule has 6 heteroatoms. The monoisotopic (exact) mass is 263 g/mol. The normalized spacial score (nSPS) is 15.5. The Bertz CT molecular complexity index is 490. The first-order valence-corrected chi connectivity index (χ1v) is 6.07. The molecule has 0 spiro atoms. The van der Waals surface area contributed by atoms with Gasteiger partial charge in [0.25, 0.3) is 5.91 Å². The van der Waals surface area contributed by atoms with E-state index in [-0.39, 0.29) is 25.0 Å². The van der Waals surface area contributed by atoms with Gasteiger partial charge in [0.1, 0.15) is 5.75 Å². The number of carbonyl (C=O) groups excluding carboxylic acids is 2. The van der Waals surface area contributed by atoms with Crippen LogP contribution in [0, 0.1) is 0 Å². The summed E-state index contributed by atoms with van der Waals surface area (Å²) in [7, 11) is 1.73. The Labute approximate surface area is 111 Å². The molecule has 2 rings (SSSR count). The van der Waals surface area contributed by atoms with Crippen molar-refractivity contribution in [2.45, 2.75) is 0 Å². The second-order valence-corrected chi connectivity index (χ2v) is 4.46. The maximum Gasteiger partial charge on any atom is 0.261 e. The van der Waals surface area contributed by atoms with Crippen LogP contribution in [0.2, 0.25) is 0 Å². The summed E-state index contributed by atoms with van der Waals surface area (Å²) in [4.78, 5) is 26.5. The van der Waals surface area contributed by atoms with Gasteiger partial charge in [-0.3, -0.25) is 9.59 Å². The lowest BCUT2D eigenvalue weighted by atomic mass is 10.3. The highest BCUT2D eigenvalue weighted by Crippen LogP contribution is 2.19. The Balaban J connectivity index is 1.88. The third kappa shape index (κ3) is 3.15. The van der Waals surface area contributed by atoms with Gasteiger partial charge in [-0.25, -0.2) is 0 Å². The number of anilines is 1. The third-order valence-electron chi connectivity index (χ3n) is 3.08. The van der Waals surface area contributed by atoms with Crippen LogP contribution in [-0.4, -0.2) is 54.9 Å². The zero-order chi connectivity index (χ0) is 13.8. The molecule has 2 N–H and O–H groups in total. The highest BCUT2D eigenvalue weighted by molar-refractivity contribution is 5.86. The molecule has 0 bridgehead atoms. The number of rotatable bonds is 3. The van der Waals surface area contributed by atoms with E-state index in [0.717, 1.165) is 0 Å². The smallest absolute Gasteiger partial charge is 0.261 e. The van der Waals surface area contributed by atoms with Crippen LogP contribution in [0.3, 0.4) is 0 Å². The van der Waals surface area contributed by atoms with Gasteiger partial charge in [0.2, 0.25) is 5.91 Å². The summed E-state index contributed by atoms with van der Waals surface area (Å²) in [6, 6.07) is 7.00. The number of amides is 2. The van der Waals surface area contributed by atoms with E-state index >= 15 is 0 Å². The molecule has 2 amide bonds. The van der Waals surface area contributed by atoms with E-state index in [2.05, 4.69) is 0 Å². The second-order valence-electron chi connectivity index (χ2n) is 4.46. The van der Waals surface area contributed by atoms with Gasteiger partial charge in [0, 0.05) is 20.1 Å². The SMILES string of the molecule is CN1CCN(C(=O)COc2ccccc2N)CC1=O. The molecule has 1 heterocycles. The lowest BCUT2D eigenvalue weighted by molar-refractivity contribution is -0.145. The van der Waals surface area contributed by atoms with Crippen LogP contribution in [0.25, 0.3) is 0 Å². The molecule has 1 aromatic carbocycles. The molecular formula is C13H17N3O3. The predicted octanol–water partition coefficient (Wildman–Crippen LogP) is -0.0518. The van der Waals surface area contributed by atoms with Gasteiger partial charge in [-0.2, -0.15) is 0 Å². The van der Waals surface area contributed by atoms with Gasteiger partial charge in [-0.1, -0.05) is 12.1 Å². The molecule has 0 aromatic heterocycles. The van der Waals surface area contributed by atoms with Crippen molar-refractivity contribution in [3.05, 3.63) is 24.3 Å². The summed E-state index contributed by atoms with van der Waals surface area (Å²) in [6.07, 6.45) is 0. The van der Waals surface area contributed by atoms with Crippen molar-refractivity contribution in [3.8, 4) is 5.75 Å². The van der Waals surface area contributed by atoms with Crippen molar-refractivity contribution in [3.63, 3.8) is 0 Å². The molecule has 0 unspecified atom stereocenters. The molecule has 1 saturated heterocycles. The Morgan fingerprint density at radius 2 is 2.11 bits per heavy atom. The van der Waals surface area contributed by atoms with Crippen molar-refractivity contribution in [1.82, 2.24) is 9.80 Å². The average Bonchev–Trinajstić information content (AvgIpc) is 2.40. The number of benzene rings is 1. The van der Waals surface area contributed by atoms with Gasteiger partial charge in [0.15, 0.2) is 6.61 Å². The topological polar surface area (TPSA) is 75.9 Å². The van der Waals surface area contributed by atoms with Crippen LogP contribution in [0.15, 0.2) is 24.3 Å². The van der Waals surface area contributed by atoms with Crippen LogP contribution in [0.4, 0.5) is 5.69 Å². The zero-order valence-corrected chi connectivity index (χ0v) is 10.8. The third-order valence-corrected chi connectivity index (χ3v) is 3.08. The highest BCUT2D eigenvalue weighted by atomic mass is 16.5. The second kappa shape index (κ2) is 5.60. The number of para-hydroxylation sites is 2. The zero-order valence-electron chi connectivity index (χ0n) is 10.8. The number of hydrogen-bond acceptors (Lipinski definition) is 4. The highest BCUT2D eigenvalue weighted by Gasteiger charge is 2.24. The number of carbonyl (C=O) groups is 2. The number of nitrogens with two attached hydrogens (primary N) is 1. The first kappa shape index (κ1) is 13.2. The summed E-state index contributed by atoms with van der Waals surface area (Å²) in [5.74, 6) is 0.222. The van der Waals surface area contributed by atoms with Gasteiger partial charge in [-0.05, 0) is 12.1 Å². The summed E-state index contributed by atoms with van der Waals surface area (Å²) < 4.78 is 5.37. The van der Waals surface area contributed by atoms with Crippen molar-refractivity contribution < 1.29 is 14.3 Å². The molecule has 102 valence electrons. The minimum absolute atomic E-state index is 0.0566. The summed E-state index contributed by atoms with van der Waals surface area (Å²) in [5.41, 5.74) is 6.21.